The van der Waals surface area contributed by atoms with E-state index in [9.17, 15) is 0 Å². The molecule has 0 bridgehead atoms. The minimum atomic E-state index is 0.817. The molecule has 1 heterocycles. The summed E-state index contributed by atoms with van der Waals surface area (Å²) in [5.41, 5.74) is 9.00. The Hall–Kier alpha value is -1.26. The van der Waals surface area contributed by atoms with Crippen LogP contribution in [0.25, 0.3) is 0 Å². The van der Waals surface area contributed by atoms with Gasteiger partial charge in [-0.05, 0) is 24.6 Å². The molecule has 94 valence electrons. The summed E-state index contributed by atoms with van der Waals surface area (Å²) in [6, 6.07) is 6.07. The molecule has 0 amide bonds. The second-order valence-corrected chi connectivity index (χ2v) is 4.47. The van der Waals surface area contributed by atoms with Gasteiger partial charge in [0.2, 0.25) is 0 Å². The molecule has 1 saturated heterocycles. The predicted octanol–water partition coefficient (Wildman–Crippen LogP) is 1.32. The Labute approximate surface area is 103 Å². The van der Waals surface area contributed by atoms with Gasteiger partial charge in [-0.2, -0.15) is 0 Å². The fourth-order valence-electron chi connectivity index (χ4n) is 2.00. The monoisotopic (exact) mass is 235 g/mol. The molecule has 0 aromatic heterocycles. The molecule has 0 unspecified atom stereocenters. The second-order valence-electron chi connectivity index (χ2n) is 4.47. The normalized spacial score (nSPS) is 17.0. The summed E-state index contributed by atoms with van der Waals surface area (Å²) >= 11 is 0. The molecular formula is C13H21N3O. The highest BCUT2D eigenvalue weighted by molar-refractivity contribution is 5.66. The van der Waals surface area contributed by atoms with Crippen LogP contribution in [0.1, 0.15) is 5.56 Å². The van der Waals surface area contributed by atoms with Crippen molar-refractivity contribution in [3.8, 4) is 0 Å². The van der Waals surface area contributed by atoms with Crippen LogP contribution in [0.3, 0.4) is 0 Å². The fraction of sp³-hybridized carbons (Fsp3) is 0.538. The highest BCUT2D eigenvalue weighted by Gasteiger charge is 2.09. The van der Waals surface area contributed by atoms with Crippen LogP contribution in [-0.2, 0) is 4.74 Å². The number of nitrogens with two attached hydrogens (primary N) is 1. The van der Waals surface area contributed by atoms with Crippen LogP contribution in [0.4, 0.5) is 11.4 Å². The molecule has 1 aliphatic heterocycles. The number of aryl methyl sites for hydroxylation is 1. The number of morpholine rings is 1. The Kier molecular flexibility index (Phi) is 4.23. The highest BCUT2D eigenvalue weighted by atomic mass is 16.5. The SMILES string of the molecule is Cc1ccc(N)c(NCCN2CCOCC2)c1. The summed E-state index contributed by atoms with van der Waals surface area (Å²) in [4.78, 5) is 2.41. The van der Waals surface area contributed by atoms with Gasteiger partial charge in [0.25, 0.3) is 0 Å². The van der Waals surface area contributed by atoms with Crippen molar-refractivity contribution in [2.45, 2.75) is 6.92 Å². The highest BCUT2D eigenvalue weighted by Crippen LogP contribution is 2.19. The van der Waals surface area contributed by atoms with E-state index >= 15 is 0 Å². The van der Waals surface area contributed by atoms with Crippen LogP contribution in [0.5, 0.6) is 0 Å². The van der Waals surface area contributed by atoms with Crippen LogP contribution < -0.4 is 11.1 Å². The molecule has 0 aliphatic carbocycles. The van der Waals surface area contributed by atoms with Gasteiger partial charge in [-0.25, -0.2) is 0 Å². The molecule has 1 aromatic rings. The number of rotatable bonds is 4. The van der Waals surface area contributed by atoms with Gasteiger partial charge in [-0.1, -0.05) is 6.07 Å². The average molecular weight is 235 g/mol. The lowest BCUT2D eigenvalue weighted by Crippen LogP contribution is -2.39. The van der Waals surface area contributed by atoms with E-state index in [0.717, 1.165) is 50.8 Å². The lowest BCUT2D eigenvalue weighted by molar-refractivity contribution is 0.0398. The first-order valence-electron chi connectivity index (χ1n) is 6.16. The smallest absolute Gasteiger partial charge is 0.0594 e. The maximum Gasteiger partial charge on any atom is 0.0594 e. The van der Waals surface area contributed by atoms with Crippen LogP contribution in [0.15, 0.2) is 18.2 Å². The maximum absolute atomic E-state index is 5.91. The van der Waals surface area contributed by atoms with E-state index in [1.165, 1.54) is 5.56 Å². The van der Waals surface area contributed by atoms with E-state index in [4.69, 9.17) is 10.5 Å². The number of nitrogens with zero attached hydrogens (tertiary/aromatic N) is 1. The molecule has 3 N–H and O–H groups in total. The first-order valence-corrected chi connectivity index (χ1v) is 6.16. The van der Waals surface area contributed by atoms with E-state index in [1.807, 2.05) is 12.1 Å². The number of nitrogen functional groups attached to an aromatic ring is 1. The summed E-state index contributed by atoms with van der Waals surface area (Å²) in [7, 11) is 0. The van der Waals surface area contributed by atoms with Crippen molar-refractivity contribution in [2.75, 3.05) is 50.4 Å². The molecule has 4 nitrogen and oxygen atoms in total. The molecular weight excluding hydrogens is 214 g/mol. The van der Waals surface area contributed by atoms with Gasteiger partial charge < -0.3 is 15.8 Å². The fourth-order valence-corrected chi connectivity index (χ4v) is 2.00. The summed E-state index contributed by atoms with van der Waals surface area (Å²) in [6.07, 6.45) is 0. The lowest BCUT2D eigenvalue weighted by atomic mass is 10.2. The maximum atomic E-state index is 5.91. The molecule has 0 radical (unpaired) electrons. The number of hydrogen-bond acceptors (Lipinski definition) is 4. The third-order valence-corrected chi connectivity index (χ3v) is 3.06. The molecule has 1 aliphatic rings. The van der Waals surface area contributed by atoms with Gasteiger partial charge in [0, 0.05) is 26.2 Å². The van der Waals surface area contributed by atoms with Gasteiger partial charge in [0.05, 0.1) is 24.6 Å². The second kappa shape index (κ2) is 5.89. The van der Waals surface area contributed by atoms with Gasteiger partial charge in [-0.15, -0.1) is 0 Å². The van der Waals surface area contributed by atoms with Crippen molar-refractivity contribution in [1.29, 1.82) is 0 Å². The molecule has 0 spiro atoms. The van der Waals surface area contributed by atoms with Crippen molar-refractivity contribution >= 4 is 11.4 Å². The van der Waals surface area contributed by atoms with Crippen LogP contribution >= 0.6 is 0 Å². The Balaban J connectivity index is 1.79. The van der Waals surface area contributed by atoms with Gasteiger partial charge >= 0.3 is 0 Å². The van der Waals surface area contributed by atoms with E-state index < -0.39 is 0 Å². The minimum absolute atomic E-state index is 0.817. The summed E-state index contributed by atoms with van der Waals surface area (Å²) in [6.45, 7) is 7.81. The van der Waals surface area contributed by atoms with Crippen molar-refractivity contribution in [2.24, 2.45) is 0 Å². The Bertz CT molecular complexity index is 362. The van der Waals surface area contributed by atoms with Crippen LogP contribution in [-0.4, -0.2) is 44.3 Å². The summed E-state index contributed by atoms with van der Waals surface area (Å²) in [5, 5.41) is 3.39. The average Bonchev–Trinajstić information content (AvgIpc) is 2.35. The van der Waals surface area contributed by atoms with Crippen molar-refractivity contribution < 1.29 is 4.74 Å². The first kappa shape index (κ1) is 12.2. The van der Waals surface area contributed by atoms with E-state index in [1.54, 1.807) is 0 Å². The van der Waals surface area contributed by atoms with E-state index in [2.05, 4.69) is 23.2 Å². The number of benzene rings is 1. The van der Waals surface area contributed by atoms with Gasteiger partial charge in [0.1, 0.15) is 0 Å². The molecule has 0 saturated carbocycles. The molecule has 4 heteroatoms. The van der Waals surface area contributed by atoms with Crippen molar-refractivity contribution in [3.05, 3.63) is 23.8 Å². The first-order chi connectivity index (χ1) is 8.25. The number of ether oxygens (including phenoxy) is 1. The topological polar surface area (TPSA) is 50.5 Å². The Morgan fingerprint density at radius 3 is 2.88 bits per heavy atom. The summed E-state index contributed by atoms with van der Waals surface area (Å²) < 4.78 is 5.32. The quantitative estimate of drug-likeness (QED) is 0.773. The summed E-state index contributed by atoms with van der Waals surface area (Å²) in [5.74, 6) is 0. The minimum Gasteiger partial charge on any atom is -0.397 e. The van der Waals surface area contributed by atoms with Crippen LogP contribution in [0.2, 0.25) is 0 Å². The van der Waals surface area contributed by atoms with Gasteiger partial charge in [0.15, 0.2) is 0 Å². The van der Waals surface area contributed by atoms with Crippen molar-refractivity contribution in [3.63, 3.8) is 0 Å². The third kappa shape index (κ3) is 3.61. The molecule has 1 fully saturated rings. The predicted molar refractivity (Wildman–Crippen MR) is 71.3 cm³/mol. The standard InChI is InChI=1S/C13H21N3O/c1-11-2-3-12(14)13(10-11)15-4-5-16-6-8-17-9-7-16/h2-3,10,15H,4-9,14H2,1H3. The van der Waals surface area contributed by atoms with Gasteiger partial charge in [-0.3, -0.25) is 4.90 Å². The number of nitrogens with one attached hydrogen (secondary N) is 1. The van der Waals surface area contributed by atoms with Crippen molar-refractivity contribution in [1.82, 2.24) is 4.90 Å². The van der Waals surface area contributed by atoms with Crippen LogP contribution in [0, 0.1) is 6.92 Å². The molecule has 1 aromatic carbocycles. The Morgan fingerprint density at radius 2 is 2.12 bits per heavy atom. The molecule has 17 heavy (non-hydrogen) atoms. The van der Waals surface area contributed by atoms with E-state index in [0.29, 0.717) is 0 Å². The zero-order valence-electron chi connectivity index (χ0n) is 10.4. The zero-order chi connectivity index (χ0) is 12.1. The Morgan fingerprint density at radius 1 is 1.35 bits per heavy atom. The zero-order valence-corrected chi connectivity index (χ0v) is 10.4. The molecule has 2 rings (SSSR count). The number of hydrogen-bond donors (Lipinski definition) is 2. The molecule has 0 atom stereocenters. The largest absolute Gasteiger partial charge is 0.397 e. The third-order valence-electron chi connectivity index (χ3n) is 3.06. The van der Waals surface area contributed by atoms with E-state index in [-0.39, 0.29) is 0 Å². The number of anilines is 2. The lowest BCUT2D eigenvalue weighted by Gasteiger charge is -2.26.